The van der Waals surface area contributed by atoms with Crippen LogP contribution in [0, 0.1) is 0 Å². The molecule has 2 heterocycles. The smallest absolute Gasteiger partial charge is 0.177 e. The summed E-state index contributed by atoms with van der Waals surface area (Å²) in [5.74, 6) is 2.96. The number of fused-ring (bicyclic) bond motifs is 9. The molecular formula is C50H34O2Si. The van der Waals surface area contributed by atoms with Gasteiger partial charge in [-0.1, -0.05) is 165 Å². The Bertz CT molecular complexity index is 2920. The minimum absolute atomic E-state index is 0.731. The van der Waals surface area contributed by atoms with Gasteiger partial charge in [0.05, 0.1) is 0 Å². The highest BCUT2D eigenvalue weighted by atomic mass is 28.3. The third kappa shape index (κ3) is 4.44. The van der Waals surface area contributed by atoms with Crippen LogP contribution in [0.5, 0.6) is 23.0 Å². The fourth-order valence-electron chi connectivity index (χ4n) is 9.02. The van der Waals surface area contributed by atoms with Crippen molar-refractivity contribution in [1.29, 1.82) is 0 Å². The number of hydrogen-bond acceptors (Lipinski definition) is 2. The van der Waals surface area contributed by atoms with Crippen LogP contribution in [0.2, 0.25) is 13.1 Å². The minimum Gasteiger partial charge on any atom is -0.449 e. The Balaban J connectivity index is 1.07. The number of ether oxygens (including phenoxy) is 2. The van der Waals surface area contributed by atoms with Gasteiger partial charge in [-0.15, -0.1) is 0 Å². The quantitative estimate of drug-likeness (QED) is 0.135. The van der Waals surface area contributed by atoms with Crippen LogP contribution in [-0.2, 0) is 0 Å². The maximum Gasteiger partial charge on any atom is 0.177 e. The molecule has 0 radical (unpaired) electrons. The molecule has 0 atom stereocenters. The summed E-state index contributed by atoms with van der Waals surface area (Å²) in [6, 6.07) is 61.7. The molecule has 9 aromatic carbocycles. The molecule has 2 nitrogen and oxygen atoms in total. The van der Waals surface area contributed by atoms with Crippen molar-refractivity contribution in [3.8, 4) is 67.5 Å². The van der Waals surface area contributed by atoms with Crippen molar-refractivity contribution in [2.45, 2.75) is 13.1 Å². The Hall–Kier alpha value is -6.42. The normalized spacial score (nSPS) is 13.5. The van der Waals surface area contributed by atoms with E-state index >= 15 is 0 Å². The van der Waals surface area contributed by atoms with Gasteiger partial charge in [-0.25, -0.2) is 0 Å². The zero-order valence-corrected chi connectivity index (χ0v) is 30.5. The summed E-state index contributed by atoms with van der Waals surface area (Å²) in [7, 11) is -1.83. The fraction of sp³-hybridized carbons (Fsp3) is 0.0400. The van der Waals surface area contributed by atoms with E-state index in [4.69, 9.17) is 9.47 Å². The van der Waals surface area contributed by atoms with Crippen LogP contribution >= 0.6 is 0 Å². The van der Waals surface area contributed by atoms with Crippen LogP contribution in [0.25, 0.3) is 76.8 Å². The third-order valence-corrected chi connectivity index (χ3v) is 15.1. The summed E-state index contributed by atoms with van der Waals surface area (Å²) in [5, 5.41) is 10.3. The van der Waals surface area contributed by atoms with Gasteiger partial charge in [-0.05, 0) is 100 Å². The summed E-state index contributed by atoms with van der Waals surface area (Å²) in [5.41, 5.74) is 10.1. The van der Waals surface area contributed by atoms with Crippen molar-refractivity contribution < 1.29 is 9.47 Å². The largest absolute Gasteiger partial charge is 0.449 e. The Morgan fingerprint density at radius 3 is 1.51 bits per heavy atom. The molecule has 3 heteroatoms. The van der Waals surface area contributed by atoms with Gasteiger partial charge in [0.1, 0.15) is 8.07 Å². The van der Waals surface area contributed by atoms with E-state index in [-0.39, 0.29) is 0 Å². The average molecular weight is 695 g/mol. The maximum absolute atomic E-state index is 6.41. The van der Waals surface area contributed by atoms with E-state index in [0.29, 0.717) is 0 Å². The van der Waals surface area contributed by atoms with Crippen LogP contribution in [-0.4, -0.2) is 8.07 Å². The van der Waals surface area contributed by atoms with E-state index < -0.39 is 8.07 Å². The van der Waals surface area contributed by atoms with Crippen LogP contribution in [0.15, 0.2) is 170 Å². The third-order valence-electron chi connectivity index (χ3n) is 11.5. The fourth-order valence-corrected chi connectivity index (χ4v) is 12.1. The maximum atomic E-state index is 6.41. The van der Waals surface area contributed by atoms with Gasteiger partial charge in [0.15, 0.2) is 23.0 Å². The lowest BCUT2D eigenvalue weighted by molar-refractivity contribution is 0.363. The second kappa shape index (κ2) is 11.3. The molecule has 0 bridgehead atoms. The standard InChI is InChI=1S/C50H34O2Si/c1-53(2)46-22-12-9-14-35(46)36-28-27-33(29-47(36)53)49-39-17-6-4-15-37(39)48(38-16-5-7-18-40(38)49)32-25-23-31(24-26-32)42-30-45-50(41-19-8-3-13-34(41)42)52-44-21-11-10-20-43(44)51-45/h3-30H,1-2H3. The van der Waals surface area contributed by atoms with Gasteiger partial charge in [-0.3, -0.25) is 0 Å². The first-order chi connectivity index (χ1) is 26.0. The minimum atomic E-state index is -1.83. The molecule has 0 amide bonds. The molecule has 0 fully saturated rings. The molecule has 0 N–H and O–H groups in total. The molecule has 0 saturated heterocycles. The molecule has 0 unspecified atom stereocenters. The predicted octanol–water partition coefficient (Wildman–Crippen LogP) is 12.8. The summed E-state index contributed by atoms with van der Waals surface area (Å²) in [6.07, 6.45) is 0. The van der Waals surface area contributed by atoms with Crippen molar-refractivity contribution in [3.05, 3.63) is 170 Å². The number of hydrogen-bond donors (Lipinski definition) is 0. The summed E-state index contributed by atoms with van der Waals surface area (Å²) in [4.78, 5) is 0. The number of para-hydroxylation sites is 2. The van der Waals surface area contributed by atoms with Crippen LogP contribution in [0.1, 0.15) is 0 Å². The summed E-state index contributed by atoms with van der Waals surface area (Å²) >= 11 is 0. The highest BCUT2D eigenvalue weighted by Gasteiger charge is 2.37. The van der Waals surface area contributed by atoms with Gasteiger partial charge in [-0.2, -0.15) is 0 Å². The molecular weight excluding hydrogens is 661 g/mol. The van der Waals surface area contributed by atoms with Crippen LogP contribution in [0.3, 0.4) is 0 Å². The Kier molecular flexibility index (Phi) is 6.44. The van der Waals surface area contributed by atoms with Gasteiger partial charge in [0.25, 0.3) is 0 Å². The average Bonchev–Trinajstić information content (AvgIpc) is 3.44. The molecule has 250 valence electrons. The highest BCUT2D eigenvalue weighted by molar-refractivity contribution is 7.03. The lowest BCUT2D eigenvalue weighted by Gasteiger charge is -2.23. The molecule has 2 aliphatic rings. The summed E-state index contributed by atoms with van der Waals surface area (Å²) in [6.45, 7) is 4.99. The molecule has 0 spiro atoms. The van der Waals surface area contributed by atoms with Gasteiger partial charge < -0.3 is 9.47 Å². The van der Waals surface area contributed by atoms with E-state index in [1.54, 1.807) is 0 Å². The van der Waals surface area contributed by atoms with Gasteiger partial charge >= 0.3 is 0 Å². The van der Waals surface area contributed by atoms with E-state index in [1.165, 1.54) is 65.3 Å². The van der Waals surface area contributed by atoms with Crippen LogP contribution < -0.4 is 19.8 Å². The molecule has 0 saturated carbocycles. The Morgan fingerprint density at radius 1 is 0.340 bits per heavy atom. The summed E-state index contributed by atoms with van der Waals surface area (Å²) < 4.78 is 12.8. The molecule has 0 aromatic heterocycles. The number of benzene rings is 9. The molecule has 0 aliphatic carbocycles. The zero-order valence-electron chi connectivity index (χ0n) is 29.5. The first-order valence-electron chi connectivity index (χ1n) is 18.3. The van der Waals surface area contributed by atoms with Crippen molar-refractivity contribution >= 4 is 50.8 Å². The van der Waals surface area contributed by atoms with Crippen molar-refractivity contribution in [1.82, 2.24) is 0 Å². The predicted molar refractivity (Wildman–Crippen MR) is 224 cm³/mol. The van der Waals surface area contributed by atoms with Crippen molar-refractivity contribution in [2.75, 3.05) is 0 Å². The van der Waals surface area contributed by atoms with E-state index in [9.17, 15) is 0 Å². The Labute approximate surface area is 309 Å². The van der Waals surface area contributed by atoms with Crippen molar-refractivity contribution in [3.63, 3.8) is 0 Å². The lowest BCUT2D eigenvalue weighted by Crippen LogP contribution is -2.49. The second-order valence-electron chi connectivity index (χ2n) is 14.8. The zero-order chi connectivity index (χ0) is 35.3. The topological polar surface area (TPSA) is 18.5 Å². The second-order valence-corrected chi connectivity index (χ2v) is 19.1. The highest BCUT2D eigenvalue weighted by Crippen LogP contribution is 2.51. The Morgan fingerprint density at radius 2 is 0.830 bits per heavy atom. The molecule has 2 aliphatic heterocycles. The van der Waals surface area contributed by atoms with Crippen LogP contribution in [0.4, 0.5) is 0 Å². The van der Waals surface area contributed by atoms with E-state index in [2.05, 4.69) is 159 Å². The van der Waals surface area contributed by atoms with Crippen molar-refractivity contribution in [2.24, 2.45) is 0 Å². The lowest BCUT2D eigenvalue weighted by atomic mass is 9.85. The molecule has 9 aromatic rings. The monoisotopic (exact) mass is 694 g/mol. The first kappa shape index (κ1) is 30.2. The first-order valence-corrected chi connectivity index (χ1v) is 21.3. The van der Waals surface area contributed by atoms with E-state index in [0.717, 1.165) is 44.9 Å². The molecule has 11 rings (SSSR count). The number of rotatable bonds is 3. The van der Waals surface area contributed by atoms with Gasteiger partial charge in [0.2, 0.25) is 0 Å². The van der Waals surface area contributed by atoms with E-state index in [1.807, 2.05) is 24.3 Å². The van der Waals surface area contributed by atoms with Gasteiger partial charge in [0, 0.05) is 5.39 Å². The molecule has 53 heavy (non-hydrogen) atoms. The SMILES string of the molecule is C[Si]1(C)c2ccccc2-c2ccc(-c3c4ccccc4c(-c4ccc(-c5cc6c(c7ccccc57)Oc5ccccc5O6)cc4)c4ccccc34)cc21.